The van der Waals surface area contributed by atoms with E-state index in [0.717, 1.165) is 39.6 Å². The summed E-state index contributed by atoms with van der Waals surface area (Å²) < 4.78 is 12.6. The van der Waals surface area contributed by atoms with Crippen molar-refractivity contribution in [3.63, 3.8) is 0 Å². The molecule has 1 aromatic heterocycles. The molecule has 0 saturated heterocycles. The highest BCUT2D eigenvalue weighted by Crippen LogP contribution is 2.35. The van der Waals surface area contributed by atoms with Gasteiger partial charge in [-0.2, -0.15) is 0 Å². The van der Waals surface area contributed by atoms with Crippen molar-refractivity contribution in [1.82, 2.24) is 4.98 Å². The van der Waals surface area contributed by atoms with E-state index in [1.165, 1.54) is 0 Å². The van der Waals surface area contributed by atoms with Gasteiger partial charge in [0, 0.05) is 12.1 Å². The first-order chi connectivity index (χ1) is 9.74. The number of nitrogens with two attached hydrogens (primary N) is 2. The Labute approximate surface area is 122 Å². The van der Waals surface area contributed by atoms with Crippen molar-refractivity contribution < 1.29 is 9.47 Å². The molecule has 6 heteroatoms. The Kier molecular flexibility index (Phi) is 5.58. The van der Waals surface area contributed by atoms with E-state index in [1.807, 2.05) is 19.1 Å². The van der Waals surface area contributed by atoms with Crippen molar-refractivity contribution in [2.45, 2.75) is 19.8 Å². The molecule has 20 heavy (non-hydrogen) atoms. The van der Waals surface area contributed by atoms with E-state index in [-0.39, 0.29) is 0 Å². The normalized spacial score (nSPS) is 10.9. The maximum Gasteiger partial charge on any atom is 0.163 e. The topological polar surface area (TPSA) is 83.4 Å². The van der Waals surface area contributed by atoms with Crippen molar-refractivity contribution in [3.05, 3.63) is 17.1 Å². The Bertz CT molecular complexity index is 510. The molecular weight excluding hydrogens is 274 g/mol. The summed E-state index contributed by atoms with van der Waals surface area (Å²) in [5.41, 5.74) is 11.9. The van der Waals surface area contributed by atoms with Gasteiger partial charge < -0.3 is 20.9 Å². The SMILES string of the molecule is Cc1nc2cc(OCCCN)c(OCCCN)cc2s1. The van der Waals surface area contributed by atoms with Gasteiger partial charge in [0.1, 0.15) is 0 Å². The Hall–Kier alpha value is -1.37. The number of aromatic nitrogens is 1. The van der Waals surface area contributed by atoms with Gasteiger partial charge in [0.2, 0.25) is 0 Å². The molecule has 2 rings (SSSR count). The maximum absolute atomic E-state index is 5.77. The second kappa shape index (κ2) is 7.42. The van der Waals surface area contributed by atoms with Crippen molar-refractivity contribution in [2.24, 2.45) is 11.5 Å². The number of nitrogens with zero attached hydrogens (tertiary/aromatic N) is 1. The molecule has 0 aliphatic heterocycles. The van der Waals surface area contributed by atoms with E-state index < -0.39 is 0 Å². The number of hydrogen-bond acceptors (Lipinski definition) is 6. The van der Waals surface area contributed by atoms with Crippen LogP contribution in [0, 0.1) is 6.92 Å². The fraction of sp³-hybridized carbons (Fsp3) is 0.500. The van der Waals surface area contributed by atoms with Crippen molar-refractivity contribution in [3.8, 4) is 11.5 Å². The Balaban J connectivity index is 2.21. The highest BCUT2D eigenvalue weighted by Gasteiger charge is 2.10. The smallest absolute Gasteiger partial charge is 0.163 e. The number of rotatable bonds is 8. The predicted octanol–water partition coefficient (Wildman–Crippen LogP) is 2.06. The minimum atomic E-state index is 0.582. The van der Waals surface area contributed by atoms with Gasteiger partial charge in [0.25, 0.3) is 0 Å². The first kappa shape index (κ1) is 15.0. The summed E-state index contributed by atoms with van der Waals surface area (Å²) >= 11 is 1.65. The second-order valence-electron chi connectivity index (χ2n) is 4.48. The van der Waals surface area contributed by atoms with Crippen LogP contribution in [-0.2, 0) is 0 Å². The van der Waals surface area contributed by atoms with E-state index in [0.29, 0.717) is 26.3 Å². The van der Waals surface area contributed by atoms with Gasteiger partial charge in [-0.1, -0.05) is 0 Å². The van der Waals surface area contributed by atoms with Crippen LogP contribution in [0.4, 0.5) is 0 Å². The van der Waals surface area contributed by atoms with E-state index in [2.05, 4.69) is 4.98 Å². The summed E-state index contributed by atoms with van der Waals surface area (Å²) in [5, 5.41) is 1.03. The lowest BCUT2D eigenvalue weighted by Crippen LogP contribution is -2.09. The molecular formula is C14H21N3O2S. The van der Waals surface area contributed by atoms with Gasteiger partial charge in [0.05, 0.1) is 28.4 Å². The third kappa shape index (κ3) is 3.82. The Morgan fingerprint density at radius 1 is 1.05 bits per heavy atom. The van der Waals surface area contributed by atoms with Gasteiger partial charge in [-0.15, -0.1) is 11.3 Å². The molecule has 0 radical (unpaired) electrons. The Morgan fingerprint density at radius 2 is 1.65 bits per heavy atom. The highest BCUT2D eigenvalue weighted by atomic mass is 32.1. The van der Waals surface area contributed by atoms with Gasteiger partial charge in [0.15, 0.2) is 11.5 Å². The molecule has 0 amide bonds. The molecule has 1 heterocycles. The van der Waals surface area contributed by atoms with E-state index >= 15 is 0 Å². The summed E-state index contributed by atoms with van der Waals surface area (Å²) in [6.45, 7) is 4.40. The molecule has 2 aromatic rings. The summed E-state index contributed by atoms with van der Waals surface area (Å²) in [7, 11) is 0. The molecule has 4 N–H and O–H groups in total. The van der Waals surface area contributed by atoms with Crippen LogP contribution in [0.5, 0.6) is 11.5 Å². The van der Waals surface area contributed by atoms with E-state index in [1.54, 1.807) is 11.3 Å². The van der Waals surface area contributed by atoms with Crippen LogP contribution in [-0.4, -0.2) is 31.3 Å². The molecule has 110 valence electrons. The van der Waals surface area contributed by atoms with Crippen molar-refractivity contribution >= 4 is 21.6 Å². The number of aryl methyl sites for hydroxylation is 1. The van der Waals surface area contributed by atoms with Gasteiger partial charge in [-0.25, -0.2) is 4.98 Å². The number of thiazole rings is 1. The van der Waals surface area contributed by atoms with Gasteiger partial charge in [-0.3, -0.25) is 0 Å². The molecule has 0 bridgehead atoms. The minimum Gasteiger partial charge on any atom is -0.490 e. The summed E-state index contributed by atoms with van der Waals surface area (Å²) in [5.74, 6) is 1.49. The van der Waals surface area contributed by atoms with Crippen LogP contribution in [0.2, 0.25) is 0 Å². The van der Waals surface area contributed by atoms with Crippen LogP contribution in [0.15, 0.2) is 12.1 Å². The predicted molar refractivity (Wildman–Crippen MR) is 82.7 cm³/mol. The molecule has 0 unspecified atom stereocenters. The molecule has 0 aliphatic carbocycles. The first-order valence-corrected chi connectivity index (χ1v) is 7.63. The third-order valence-electron chi connectivity index (χ3n) is 2.77. The standard InChI is InChI=1S/C14H21N3O2S/c1-10-17-11-8-12(18-6-2-4-15)13(9-14(11)20-10)19-7-3-5-16/h8-9H,2-7,15-16H2,1H3. The van der Waals surface area contributed by atoms with E-state index in [4.69, 9.17) is 20.9 Å². The maximum atomic E-state index is 5.77. The molecule has 0 atom stereocenters. The van der Waals surface area contributed by atoms with Crippen LogP contribution >= 0.6 is 11.3 Å². The van der Waals surface area contributed by atoms with E-state index in [9.17, 15) is 0 Å². The third-order valence-corrected chi connectivity index (χ3v) is 3.71. The van der Waals surface area contributed by atoms with Crippen LogP contribution < -0.4 is 20.9 Å². The highest BCUT2D eigenvalue weighted by molar-refractivity contribution is 7.18. The Morgan fingerprint density at radius 3 is 2.25 bits per heavy atom. The molecule has 0 spiro atoms. The van der Waals surface area contributed by atoms with Crippen LogP contribution in [0.1, 0.15) is 17.8 Å². The van der Waals surface area contributed by atoms with Crippen molar-refractivity contribution in [1.29, 1.82) is 0 Å². The summed E-state index contributed by atoms with van der Waals surface area (Å²) in [6, 6.07) is 3.93. The second-order valence-corrected chi connectivity index (χ2v) is 5.72. The first-order valence-electron chi connectivity index (χ1n) is 6.81. The molecule has 0 fully saturated rings. The molecule has 0 saturated carbocycles. The van der Waals surface area contributed by atoms with Crippen LogP contribution in [0.25, 0.3) is 10.2 Å². The zero-order valence-corrected chi connectivity index (χ0v) is 12.5. The lowest BCUT2D eigenvalue weighted by molar-refractivity contribution is 0.266. The zero-order chi connectivity index (χ0) is 14.4. The van der Waals surface area contributed by atoms with Crippen molar-refractivity contribution in [2.75, 3.05) is 26.3 Å². The molecule has 0 aliphatic rings. The number of benzene rings is 1. The quantitative estimate of drug-likeness (QED) is 0.728. The summed E-state index contributed by atoms with van der Waals surface area (Å²) in [4.78, 5) is 4.48. The average molecular weight is 295 g/mol. The summed E-state index contributed by atoms with van der Waals surface area (Å²) in [6.07, 6.45) is 1.64. The molecule has 1 aromatic carbocycles. The van der Waals surface area contributed by atoms with Gasteiger partial charge >= 0.3 is 0 Å². The largest absolute Gasteiger partial charge is 0.490 e. The zero-order valence-electron chi connectivity index (χ0n) is 11.7. The van der Waals surface area contributed by atoms with Gasteiger partial charge in [-0.05, 0) is 32.9 Å². The average Bonchev–Trinajstić information content (AvgIpc) is 2.78. The lowest BCUT2D eigenvalue weighted by atomic mass is 10.3. The van der Waals surface area contributed by atoms with Crippen LogP contribution in [0.3, 0.4) is 0 Å². The molecule has 5 nitrogen and oxygen atoms in total. The minimum absolute atomic E-state index is 0.582. The fourth-order valence-electron chi connectivity index (χ4n) is 1.81. The number of fused-ring (bicyclic) bond motifs is 1. The lowest BCUT2D eigenvalue weighted by Gasteiger charge is -2.12. The monoisotopic (exact) mass is 295 g/mol. The fourth-order valence-corrected chi connectivity index (χ4v) is 2.65. The number of hydrogen-bond donors (Lipinski definition) is 2. The number of ether oxygens (including phenoxy) is 2.